The van der Waals surface area contributed by atoms with Crippen LogP contribution in [0.1, 0.15) is 34.3 Å². The van der Waals surface area contributed by atoms with Gasteiger partial charge in [0.1, 0.15) is 11.5 Å². The molecule has 1 atom stereocenters. The molecule has 168 valence electrons. The first kappa shape index (κ1) is 23.3. The Kier molecular flexibility index (Phi) is 6.76. The number of piperidine rings is 1. The maximum Gasteiger partial charge on any atom is 0.416 e. The number of thioether (sulfide) groups is 1. The number of phenols is 1. The molecule has 1 saturated heterocycles. The largest absolute Gasteiger partial charge is 0.508 e. The lowest BCUT2D eigenvalue weighted by atomic mass is 9.82. The van der Waals surface area contributed by atoms with Gasteiger partial charge in [0.05, 0.1) is 23.8 Å². The molecule has 2 aromatic carbocycles. The Labute approximate surface area is 183 Å². The van der Waals surface area contributed by atoms with Crippen LogP contribution < -0.4 is 10.1 Å². The van der Waals surface area contributed by atoms with Crippen LogP contribution in [-0.4, -0.2) is 49.4 Å². The number of likely N-dealkylation sites (tertiary alicyclic amines) is 1. The third kappa shape index (κ3) is 4.93. The van der Waals surface area contributed by atoms with Gasteiger partial charge < -0.3 is 20.1 Å². The molecule has 1 aliphatic rings. The smallest absolute Gasteiger partial charge is 0.416 e. The zero-order valence-corrected chi connectivity index (χ0v) is 18.4. The van der Waals surface area contributed by atoms with Crippen molar-refractivity contribution in [1.82, 2.24) is 10.2 Å². The fourth-order valence-corrected chi connectivity index (χ4v) is 4.70. The molecule has 0 aromatic heterocycles. The van der Waals surface area contributed by atoms with E-state index in [1.807, 2.05) is 13.1 Å². The summed E-state index contributed by atoms with van der Waals surface area (Å²) in [5, 5.41) is 13.1. The van der Waals surface area contributed by atoms with Crippen molar-refractivity contribution in [3.63, 3.8) is 0 Å². The fourth-order valence-electron chi connectivity index (χ4n) is 4.06. The lowest BCUT2D eigenvalue weighted by molar-refractivity contribution is -0.137. The maximum atomic E-state index is 13.4. The van der Waals surface area contributed by atoms with Crippen molar-refractivity contribution in [2.45, 2.75) is 29.5 Å². The summed E-state index contributed by atoms with van der Waals surface area (Å²) >= 11 is 1.05. The van der Waals surface area contributed by atoms with Gasteiger partial charge in [0, 0.05) is 11.4 Å². The van der Waals surface area contributed by atoms with Gasteiger partial charge in [-0.15, -0.1) is 11.8 Å². The van der Waals surface area contributed by atoms with E-state index in [0.717, 1.165) is 42.4 Å². The third-order valence-corrected chi connectivity index (χ3v) is 6.26. The summed E-state index contributed by atoms with van der Waals surface area (Å²) in [6.07, 6.45) is -1.50. The number of nitrogens with one attached hydrogen (secondary N) is 1. The van der Waals surface area contributed by atoms with Crippen molar-refractivity contribution in [2.75, 3.05) is 33.5 Å². The summed E-state index contributed by atoms with van der Waals surface area (Å²) in [6.45, 7) is 1.36. The number of carbonyl (C=O) groups is 1. The first-order valence-electron chi connectivity index (χ1n) is 9.73. The topological polar surface area (TPSA) is 61.8 Å². The second-order valence-corrected chi connectivity index (χ2v) is 8.53. The number of likely N-dealkylation sites (N-methyl/N-ethyl adjacent to an activating group) is 1. The summed E-state index contributed by atoms with van der Waals surface area (Å²) in [6, 6.07) is 8.52. The van der Waals surface area contributed by atoms with E-state index < -0.39 is 23.2 Å². The molecule has 1 aliphatic heterocycles. The van der Waals surface area contributed by atoms with Crippen LogP contribution in [0.25, 0.3) is 0 Å². The number of nitrogens with zero attached hydrogens (tertiary/aromatic N) is 1. The van der Waals surface area contributed by atoms with E-state index in [-0.39, 0.29) is 22.0 Å². The van der Waals surface area contributed by atoms with Crippen molar-refractivity contribution in [3.05, 3.63) is 53.1 Å². The summed E-state index contributed by atoms with van der Waals surface area (Å²) in [5.41, 5.74) is -0.864. The van der Waals surface area contributed by atoms with E-state index >= 15 is 0 Å². The van der Waals surface area contributed by atoms with Gasteiger partial charge in [-0.3, -0.25) is 4.79 Å². The van der Waals surface area contributed by atoms with Crippen LogP contribution in [0.5, 0.6) is 11.5 Å². The van der Waals surface area contributed by atoms with Gasteiger partial charge in [0.2, 0.25) is 0 Å². The number of rotatable bonds is 5. The van der Waals surface area contributed by atoms with E-state index in [9.17, 15) is 23.1 Å². The summed E-state index contributed by atoms with van der Waals surface area (Å²) in [5.74, 6) is -0.572. The van der Waals surface area contributed by atoms with Crippen LogP contribution in [0, 0.1) is 0 Å². The zero-order valence-electron chi connectivity index (χ0n) is 17.5. The SMILES string of the molecule is COc1cc(C(F)(F)F)cc(SC)c1C(=O)NC1(c2cccc(O)c2)CCCN(C)C1. The predicted molar refractivity (Wildman–Crippen MR) is 114 cm³/mol. The van der Waals surface area contributed by atoms with E-state index in [0.29, 0.717) is 13.0 Å². The van der Waals surface area contributed by atoms with Crippen LogP contribution >= 0.6 is 11.8 Å². The Morgan fingerprint density at radius 3 is 2.61 bits per heavy atom. The highest BCUT2D eigenvalue weighted by Crippen LogP contribution is 2.39. The van der Waals surface area contributed by atoms with E-state index in [4.69, 9.17) is 4.74 Å². The molecule has 1 fully saturated rings. The second-order valence-electron chi connectivity index (χ2n) is 7.68. The molecule has 31 heavy (non-hydrogen) atoms. The molecule has 1 unspecified atom stereocenters. The van der Waals surface area contributed by atoms with Crippen molar-refractivity contribution in [1.29, 1.82) is 0 Å². The number of alkyl halides is 3. The van der Waals surface area contributed by atoms with Gasteiger partial charge in [-0.2, -0.15) is 13.2 Å². The molecule has 2 aromatic rings. The summed E-state index contributed by atoms with van der Waals surface area (Å²) in [7, 11) is 3.19. The molecular weight excluding hydrogens is 429 g/mol. The second kappa shape index (κ2) is 9.00. The minimum atomic E-state index is -4.55. The third-order valence-electron chi connectivity index (χ3n) is 5.49. The Bertz CT molecular complexity index is 942. The van der Waals surface area contributed by atoms with E-state index in [2.05, 4.69) is 10.2 Å². The molecule has 2 N–H and O–H groups in total. The first-order chi connectivity index (χ1) is 14.6. The Morgan fingerprint density at radius 1 is 1.29 bits per heavy atom. The van der Waals surface area contributed by atoms with Crippen LogP contribution in [0.2, 0.25) is 0 Å². The van der Waals surface area contributed by atoms with Crippen LogP contribution in [-0.2, 0) is 11.7 Å². The molecule has 9 heteroatoms. The van der Waals surface area contributed by atoms with Crippen molar-refractivity contribution in [2.24, 2.45) is 0 Å². The molecule has 0 bridgehead atoms. The van der Waals surface area contributed by atoms with Gasteiger partial charge in [0.15, 0.2) is 0 Å². The van der Waals surface area contributed by atoms with Gasteiger partial charge in [-0.25, -0.2) is 0 Å². The highest BCUT2D eigenvalue weighted by molar-refractivity contribution is 7.98. The normalized spacial score (nSPS) is 19.8. The number of halogens is 3. The molecule has 0 radical (unpaired) electrons. The van der Waals surface area contributed by atoms with Gasteiger partial charge in [-0.05, 0) is 62.5 Å². The van der Waals surface area contributed by atoms with Crippen molar-refractivity contribution >= 4 is 17.7 Å². The number of carbonyl (C=O) groups excluding carboxylic acids is 1. The van der Waals surface area contributed by atoms with Gasteiger partial charge in [0.25, 0.3) is 5.91 Å². The summed E-state index contributed by atoms with van der Waals surface area (Å²) < 4.78 is 45.1. The number of aromatic hydroxyl groups is 1. The minimum absolute atomic E-state index is 0.0655. The molecule has 0 saturated carbocycles. The maximum absolute atomic E-state index is 13.4. The van der Waals surface area contributed by atoms with Crippen LogP contribution in [0.3, 0.4) is 0 Å². The number of hydrogen-bond donors (Lipinski definition) is 2. The van der Waals surface area contributed by atoms with Crippen LogP contribution in [0.15, 0.2) is 41.3 Å². The predicted octanol–water partition coefficient (Wildman–Crippen LogP) is 4.49. The van der Waals surface area contributed by atoms with E-state index in [1.54, 1.807) is 24.5 Å². The molecule has 0 aliphatic carbocycles. The standard InChI is InChI=1S/C22H25F3N2O3S/c1-27-9-5-8-21(13-27,14-6-4-7-16(28)10-14)26-20(29)19-17(30-2)11-15(22(23,24)25)12-18(19)31-3/h4,6-7,10-12,28H,5,8-9,13H2,1-3H3,(H,26,29). The Hall–Kier alpha value is -2.39. The molecule has 5 nitrogen and oxygen atoms in total. The number of benzene rings is 2. The molecule has 3 rings (SSSR count). The minimum Gasteiger partial charge on any atom is -0.508 e. The van der Waals surface area contributed by atoms with E-state index in [1.165, 1.54) is 7.11 Å². The Morgan fingerprint density at radius 2 is 2.03 bits per heavy atom. The monoisotopic (exact) mass is 454 g/mol. The molecule has 0 spiro atoms. The fraction of sp³-hybridized carbons (Fsp3) is 0.409. The number of hydrogen-bond acceptors (Lipinski definition) is 5. The number of amides is 1. The number of ether oxygens (including phenoxy) is 1. The lowest BCUT2D eigenvalue weighted by Crippen LogP contribution is -2.55. The average molecular weight is 455 g/mol. The molecular formula is C22H25F3N2O3S. The average Bonchev–Trinajstić information content (AvgIpc) is 2.71. The highest BCUT2D eigenvalue weighted by atomic mass is 32.2. The van der Waals surface area contributed by atoms with Gasteiger partial charge >= 0.3 is 6.18 Å². The number of methoxy groups -OCH3 is 1. The molecule has 1 amide bonds. The van der Waals surface area contributed by atoms with Crippen molar-refractivity contribution < 1.29 is 27.8 Å². The van der Waals surface area contributed by atoms with Crippen molar-refractivity contribution in [3.8, 4) is 11.5 Å². The quantitative estimate of drug-likeness (QED) is 0.652. The Balaban J connectivity index is 2.06. The number of phenolic OH excluding ortho intramolecular Hbond substituents is 1. The summed E-state index contributed by atoms with van der Waals surface area (Å²) in [4.78, 5) is 15.7. The zero-order chi connectivity index (χ0) is 22.8. The van der Waals surface area contributed by atoms with Gasteiger partial charge in [-0.1, -0.05) is 12.1 Å². The molecule has 1 heterocycles. The van der Waals surface area contributed by atoms with Crippen LogP contribution in [0.4, 0.5) is 13.2 Å². The first-order valence-corrected chi connectivity index (χ1v) is 11.0. The highest BCUT2D eigenvalue weighted by Gasteiger charge is 2.40. The lowest BCUT2D eigenvalue weighted by Gasteiger charge is -2.42.